The summed E-state index contributed by atoms with van der Waals surface area (Å²) in [5.74, 6) is 0.405. The van der Waals surface area contributed by atoms with E-state index in [1.807, 2.05) is 35.2 Å². The molecule has 1 N–H and O–H groups in total. The van der Waals surface area contributed by atoms with Crippen molar-refractivity contribution in [1.82, 2.24) is 14.7 Å². The Morgan fingerprint density at radius 2 is 1.78 bits per heavy atom. The SMILES string of the molecule is C=CCN1C[C@H](C)N([C@H](c2ccc(C(=O)N3CCCC3)cc2)c2cccc(O)c2)C[C@H]1C. The van der Waals surface area contributed by atoms with E-state index in [0.29, 0.717) is 12.1 Å². The van der Waals surface area contributed by atoms with Gasteiger partial charge in [-0.2, -0.15) is 0 Å². The molecule has 4 rings (SSSR count). The highest BCUT2D eigenvalue weighted by molar-refractivity contribution is 5.94. The van der Waals surface area contributed by atoms with Crippen LogP contribution in [0.4, 0.5) is 0 Å². The predicted molar refractivity (Wildman–Crippen MR) is 129 cm³/mol. The molecule has 5 heteroatoms. The average Bonchev–Trinajstić information content (AvgIpc) is 3.32. The van der Waals surface area contributed by atoms with Crippen molar-refractivity contribution < 1.29 is 9.90 Å². The Morgan fingerprint density at radius 1 is 1.06 bits per heavy atom. The number of amides is 1. The van der Waals surface area contributed by atoms with Crippen LogP contribution in [-0.4, -0.2) is 70.5 Å². The molecule has 2 aromatic carbocycles. The molecule has 2 saturated heterocycles. The van der Waals surface area contributed by atoms with Gasteiger partial charge in [0.15, 0.2) is 0 Å². The molecule has 0 saturated carbocycles. The molecule has 2 heterocycles. The first-order chi connectivity index (χ1) is 15.5. The van der Waals surface area contributed by atoms with Crippen LogP contribution in [0.15, 0.2) is 61.2 Å². The minimum atomic E-state index is 0.0152. The van der Waals surface area contributed by atoms with Gasteiger partial charge in [-0.3, -0.25) is 14.6 Å². The van der Waals surface area contributed by atoms with E-state index in [9.17, 15) is 9.90 Å². The summed E-state index contributed by atoms with van der Waals surface area (Å²) in [6.45, 7) is 12.9. The highest BCUT2D eigenvalue weighted by Crippen LogP contribution is 2.34. The summed E-state index contributed by atoms with van der Waals surface area (Å²) in [7, 11) is 0. The van der Waals surface area contributed by atoms with Gasteiger partial charge in [-0.05, 0) is 62.1 Å². The maximum atomic E-state index is 12.8. The van der Waals surface area contributed by atoms with Crippen LogP contribution in [0.2, 0.25) is 0 Å². The van der Waals surface area contributed by atoms with Gasteiger partial charge < -0.3 is 10.0 Å². The summed E-state index contributed by atoms with van der Waals surface area (Å²) < 4.78 is 0. The molecule has 0 aromatic heterocycles. The maximum Gasteiger partial charge on any atom is 0.253 e. The fourth-order valence-electron chi connectivity index (χ4n) is 5.19. The monoisotopic (exact) mass is 433 g/mol. The van der Waals surface area contributed by atoms with Crippen LogP contribution in [0.3, 0.4) is 0 Å². The Balaban J connectivity index is 1.64. The van der Waals surface area contributed by atoms with Gasteiger partial charge in [0.25, 0.3) is 5.91 Å². The van der Waals surface area contributed by atoms with Crippen LogP contribution in [0.1, 0.15) is 54.2 Å². The van der Waals surface area contributed by atoms with Crippen molar-refractivity contribution in [2.24, 2.45) is 0 Å². The van der Waals surface area contributed by atoms with Crippen molar-refractivity contribution in [2.75, 3.05) is 32.7 Å². The molecule has 170 valence electrons. The number of likely N-dealkylation sites (tertiary alicyclic amines) is 1. The lowest BCUT2D eigenvalue weighted by molar-refractivity contribution is 0.0306. The summed E-state index contributed by atoms with van der Waals surface area (Å²) in [6, 6.07) is 16.4. The average molecular weight is 434 g/mol. The lowest BCUT2D eigenvalue weighted by Gasteiger charge is -2.47. The van der Waals surface area contributed by atoms with Crippen molar-refractivity contribution in [1.29, 1.82) is 0 Å². The van der Waals surface area contributed by atoms with Gasteiger partial charge in [0, 0.05) is 50.4 Å². The summed E-state index contributed by atoms with van der Waals surface area (Å²) >= 11 is 0. The van der Waals surface area contributed by atoms with Gasteiger partial charge in [0.05, 0.1) is 6.04 Å². The number of aromatic hydroxyl groups is 1. The second-order valence-electron chi connectivity index (χ2n) is 9.26. The Hall–Kier alpha value is -2.63. The number of nitrogens with zero attached hydrogens (tertiary/aromatic N) is 3. The van der Waals surface area contributed by atoms with Crippen LogP contribution in [0.5, 0.6) is 5.75 Å². The molecule has 3 atom stereocenters. The second kappa shape index (κ2) is 9.88. The minimum absolute atomic E-state index is 0.0152. The number of carbonyl (C=O) groups is 1. The van der Waals surface area contributed by atoms with E-state index in [1.165, 1.54) is 0 Å². The van der Waals surface area contributed by atoms with E-state index in [4.69, 9.17) is 0 Å². The summed E-state index contributed by atoms with van der Waals surface area (Å²) in [5.41, 5.74) is 2.96. The normalized spacial score (nSPS) is 23.2. The predicted octanol–water partition coefficient (Wildman–Crippen LogP) is 4.30. The quantitative estimate of drug-likeness (QED) is 0.690. The summed E-state index contributed by atoms with van der Waals surface area (Å²) in [6.07, 6.45) is 4.16. The fourth-order valence-corrected chi connectivity index (χ4v) is 5.19. The van der Waals surface area contributed by atoms with Crippen molar-refractivity contribution in [3.8, 4) is 5.75 Å². The fraction of sp³-hybridized carbons (Fsp3) is 0.444. The molecular formula is C27H35N3O2. The van der Waals surface area contributed by atoms with Gasteiger partial charge in [-0.15, -0.1) is 6.58 Å². The molecule has 1 amide bonds. The number of benzene rings is 2. The number of phenols is 1. The van der Waals surface area contributed by atoms with E-state index in [0.717, 1.165) is 62.3 Å². The standard InChI is InChI=1S/C27H35N3O2/c1-4-14-29-18-21(3)30(19-20(29)2)26(24-8-7-9-25(31)17-24)22-10-12-23(13-11-22)27(32)28-15-5-6-16-28/h4,7-13,17,20-21,26,31H,1,5-6,14-16,18-19H2,2-3H3/t20-,21+,26-/m1/s1. The highest BCUT2D eigenvalue weighted by Gasteiger charge is 2.34. The lowest BCUT2D eigenvalue weighted by Crippen LogP contribution is -2.57. The number of phenolic OH excluding ortho intramolecular Hbond substituents is 1. The second-order valence-corrected chi connectivity index (χ2v) is 9.26. The number of carbonyl (C=O) groups excluding carboxylic acids is 1. The van der Waals surface area contributed by atoms with Crippen LogP contribution >= 0.6 is 0 Å². The van der Waals surface area contributed by atoms with E-state index in [2.05, 4.69) is 48.4 Å². The largest absolute Gasteiger partial charge is 0.508 e. The van der Waals surface area contributed by atoms with E-state index in [-0.39, 0.29) is 17.7 Å². The van der Waals surface area contributed by atoms with Crippen molar-refractivity contribution in [2.45, 2.75) is 44.8 Å². The van der Waals surface area contributed by atoms with Crippen LogP contribution in [0.25, 0.3) is 0 Å². The first-order valence-electron chi connectivity index (χ1n) is 11.8. The Morgan fingerprint density at radius 3 is 2.44 bits per heavy atom. The zero-order chi connectivity index (χ0) is 22.7. The molecule has 2 aromatic rings. The number of hydrogen-bond acceptors (Lipinski definition) is 4. The third kappa shape index (κ3) is 4.74. The minimum Gasteiger partial charge on any atom is -0.508 e. The van der Waals surface area contributed by atoms with Crippen LogP contribution < -0.4 is 0 Å². The number of hydrogen-bond donors (Lipinski definition) is 1. The van der Waals surface area contributed by atoms with Gasteiger partial charge in [-0.25, -0.2) is 0 Å². The lowest BCUT2D eigenvalue weighted by atomic mass is 9.92. The first-order valence-corrected chi connectivity index (χ1v) is 11.8. The highest BCUT2D eigenvalue weighted by atomic mass is 16.3. The number of rotatable bonds is 6. The van der Waals surface area contributed by atoms with Crippen LogP contribution in [-0.2, 0) is 0 Å². The third-order valence-corrected chi connectivity index (χ3v) is 6.91. The van der Waals surface area contributed by atoms with E-state index >= 15 is 0 Å². The third-order valence-electron chi connectivity index (χ3n) is 6.91. The topological polar surface area (TPSA) is 47.0 Å². The zero-order valence-corrected chi connectivity index (χ0v) is 19.3. The molecule has 2 aliphatic heterocycles. The maximum absolute atomic E-state index is 12.8. The molecule has 2 aliphatic rings. The first kappa shape index (κ1) is 22.6. The Bertz CT molecular complexity index is 936. The number of piperazine rings is 1. The van der Waals surface area contributed by atoms with Crippen molar-refractivity contribution in [3.63, 3.8) is 0 Å². The molecule has 0 spiro atoms. The zero-order valence-electron chi connectivity index (χ0n) is 19.3. The van der Waals surface area contributed by atoms with Gasteiger partial charge in [0.1, 0.15) is 5.75 Å². The molecular weight excluding hydrogens is 398 g/mol. The van der Waals surface area contributed by atoms with Crippen LogP contribution in [0, 0.1) is 0 Å². The van der Waals surface area contributed by atoms with Gasteiger partial charge in [0.2, 0.25) is 0 Å². The molecule has 0 aliphatic carbocycles. The Labute approximate surface area is 191 Å². The molecule has 32 heavy (non-hydrogen) atoms. The Kier molecular flexibility index (Phi) is 6.97. The molecule has 5 nitrogen and oxygen atoms in total. The van der Waals surface area contributed by atoms with Gasteiger partial charge in [-0.1, -0.05) is 30.3 Å². The van der Waals surface area contributed by atoms with E-state index in [1.54, 1.807) is 6.07 Å². The molecule has 0 unspecified atom stereocenters. The molecule has 0 bridgehead atoms. The molecule has 2 fully saturated rings. The summed E-state index contributed by atoms with van der Waals surface area (Å²) in [5, 5.41) is 10.2. The van der Waals surface area contributed by atoms with Gasteiger partial charge >= 0.3 is 0 Å². The van der Waals surface area contributed by atoms with E-state index < -0.39 is 0 Å². The summed E-state index contributed by atoms with van der Waals surface area (Å²) in [4.78, 5) is 19.7. The smallest absolute Gasteiger partial charge is 0.253 e. The molecule has 0 radical (unpaired) electrons. The van der Waals surface area contributed by atoms with Crippen molar-refractivity contribution >= 4 is 5.91 Å². The van der Waals surface area contributed by atoms with Crippen molar-refractivity contribution in [3.05, 3.63) is 77.9 Å².